The molecule has 2 bridgehead atoms. The molecule has 0 aromatic carbocycles. The Kier molecular flexibility index (Phi) is 1.01. The molecule has 0 N–H and O–H groups in total. The highest BCUT2D eigenvalue weighted by molar-refractivity contribution is 5.31. The Hall–Kier alpha value is -0.520. The van der Waals surface area contributed by atoms with Crippen molar-refractivity contribution >= 4 is 0 Å². The van der Waals surface area contributed by atoms with Gasteiger partial charge in [-0.25, -0.2) is 0 Å². The predicted octanol–water partition coefficient (Wildman–Crippen LogP) is 2.53. The first-order chi connectivity index (χ1) is 4.42. The minimum Gasteiger partial charge on any atom is -0.0873 e. The van der Waals surface area contributed by atoms with Gasteiger partial charge in [0.2, 0.25) is 0 Å². The predicted molar refractivity (Wildman–Crippen MR) is 39.1 cm³/mol. The Morgan fingerprint density at radius 3 is 2.11 bits per heavy atom. The SMILES string of the molecule is CC=C1C2C=CC1CC2. The zero-order chi connectivity index (χ0) is 6.27. The number of allylic oxidation sites excluding steroid dienone is 4. The van der Waals surface area contributed by atoms with Crippen LogP contribution in [-0.2, 0) is 0 Å². The highest BCUT2D eigenvalue weighted by Gasteiger charge is 2.30. The molecule has 0 nitrogen and oxygen atoms in total. The number of rotatable bonds is 0. The van der Waals surface area contributed by atoms with E-state index in [1.807, 2.05) is 0 Å². The maximum Gasteiger partial charge on any atom is -0.00170 e. The lowest BCUT2D eigenvalue weighted by Gasteiger charge is -1.99. The molecule has 9 heavy (non-hydrogen) atoms. The largest absolute Gasteiger partial charge is 0.0873 e. The van der Waals surface area contributed by atoms with Crippen molar-refractivity contribution in [2.75, 3.05) is 0 Å². The summed E-state index contributed by atoms with van der Waals surface area (Å²) < 4.78 is 0. The fourth-order valence-electron chi connectivity index (χ4n) is 2.08. The van der Waals surface area contributed by atoms with Crippen molar-refractivity contribution in [3.05, 3.63) is 23.8 Å². The Bertz CT molecular complexity index is 158. The van der Waals surface area contributed by atoms with E-state index in [0.717, 1.165) is 11.8 Å². The number of hydrogen-bond acceptors (Lipinski definition) is 0. The molecule has 2 aliphatic rings. The molecule has 2 unspecified atom stereocenters. The lowest BCUT2D eigenvalue weighted by Crippen LogP contribution is -1.87. The third kappa shape index (κ3) is 0.592. The van der Waals surface area contributed by atoms with Gasteiger partial charge in [-0.1, -0.05) is 23.8 Å². The standard InChI is InChI=1S/C9H12/c1-2-9-7-3-4-8(9)6-5-7/h2-4,7-8H,5-6H2,1H3. The van der Waals surface area contributed by atoms with Gasteiger partial charge in [-0.05, 0) is 31.6 Å². The van der Waals surface area contributed by atoms with Gasteiger partial charge in [-0.3, -0.25) is 0 Å². The molecule has 0 saturated heterocycles. The van der Waals surface area contributed by atoms with Crippen LogP contribution in [0.2, 0.25) is 0 Å². The lowest BCUT2D eigenvalue weighted by molar-refractivity contribution is 0.705. The van der Waals surface area contributed by atoms with Gasteiger partial charge >= 0.3 is 0 Å². The molecular weight excluding hydrogens is 108 g/mol. The fourth-order valence-corrected chi connectivity index (χ4v) is 2.08. The zero-order valence-corrected chi connectivity index (χ0v) is 5.80. The van der Waals surface area contributed by atoms with Crippen LogP contribution in [0.4, 0.5) is 0 Å². The van der Waals surface area contributed by atoms with E-state index in [2.05, 4.69) is 25.2 Å². The average Bonchev–Trinajstić information content (AvgIpc) is 2.44. The Morgan fingerprint density at radius 1 is 1.33 bits per heavy atom. The van der Waals surface area contributed by atoms with Gasteiger partial charge in [0.15, 0.2) is 0 Å². The van der Waals surface area contributed by atoms with Crippen LogP contribution in [0.3, 0.4) is 0 Å². The topological polar surface area (TPSA) is 0 Å². The van der Waals surface area contributed by atoms with Gasteiger partial charge < -0.3 is 0 Å². The van der Waals surface area contributed by atoms with Crippen LogP contribution >= 0.6 is 0 Å². The van der Waals surface area contributed by atoms with Crippen LogP contribution < -0.4 is 0 Å². The summed E-state index contributed by atoms with van der Waals surface area (Å²) in [5.41, 5.74) is 1.68. The second-order valence-electron chi connectivity index (χ2n) is 2.96. The molecule has 0 aliphatic heterocycles. The van der Waals surface area contributed by atoms with E-state index in [-0.39, 0.29) is 0 Å². The van der Waals surface area contributed by atoms with Crippen LogP contribution in [0, 0.1) is 11.8 Å². The van der Waals surface area contributed by atoms with Gasteiger partial charge in [0, 0.05) is 0 Å². The van der Waals surface area contributed by atoms with Crippen LogP contribution in [0.1, 0.15) is 19.8 Å². The Morgan fingerprint density at radius 2 is 1.89 bits per heavy atom. The van der Waals surface area contributed by atoms with Crippen molar-refractivity contribution in [2.24, 2.45) is 11.8 Å². The zero-order valence-electron chi connectivity index (χ0n) is 5.80. The second kappa shape index (κ2) is 1.73. The minimum absolute atomic E-state index is 0.833. The molecule has 48 valence electrons. The van der Waals surface area contributed by atoms with Crippen molar-refractivity contribution < 1.29 is 0 Å². The van der Waals surface area contributed by atoms with Crippen molar-refractivity contribution in [1.82, 2.24) is 0 Å². The Balaban J connectivity index is 2.35. The molecule has 2 aliphatic carbocycles. The molecule has 0 heterocycles. The monoisotopic (exact) mass is 120 g/mol. The van der Waals surface area contributed by atoms with Gasteiger partial charge in [-0.15, -0.1) is 0 Å². The van der Waals surface area contributed by atoms with Crippen molar-refractivity contribution in [2.45, 2.75) is 19.8 Å². The van der Waals surface area contributed by atoms with Crippen LogP contribution in [0.25, 0.3) is 0 Å². The van der Waals surface area contributed by atoms with E-state index in [4.69, 9.17) is 0 Å². The van der Waals surface area contributed by atoms with Gasteiger partial charge in [-0.2, -0.15) is 0 Å². The normalized spacial score (nSPS) is 38.1. The minimum atomic E-state index is 0.833. The average molecular weight is 120 g/mol. The molecule has 1 saturated carbocycles. The van der Waals surface area contributed by atoms with E-state index in [1.165, 1.54) is 12.8 Å². The smallest absolute Gasteiger partial charge is 0.00170 e. The summed E-state index contributed by atoms with van der Waals surface area (Å²) in [7, 11) is 0. The summed E-state index contributed by atoms with van der Waals surface area (Å²) in [6.45, 7) is 2.16. The second-order valence-corrected chi connectivity index (χ2v) is 2.96. The summed E-state index contributed by atoms with van der Waals surface area (Å²) in [5.74, 6) is 1.67. The molecule has 0 heteroatoms. The third-order valence-electron chi connectivity index (χ3n) is 2.55. The molecule has 0 amide bonds. The summed E-state index contributed by atoms with van der Waals surface area (Å²) in [4.78, 5) is 0. The molecule has 2 rings (SSSR count). The van der Waals surface area contributed by atoms with Crippen molar-refractivity contribution in [3.8, 4) is 0 Å². The highest BCUT2D eigenvalue weighted by Crippen LogP contribution is 2.43. The lowest BCUT2D eigenvalue weighted by atomic mass is 10.1. The molecule has 0 aromatic heterocycles. The summed E-state index contributed by atoms with van der Waals surface area (Å²) in [6, 6.07) is 0. The Labute approximate surface area is 56.3 Å². The third-order valence-corrected chi connectivity index (χ3v) is 2.55. The first-order valence-corrected chi connectivity index (χ1v) is 3.76. The van der Waals surface area contributed by atoms with Gasteiger partial charge in [0.1, 0.15) is 0 Å². The van der Waals surface area contributed by atoms with Crippen LogP contribution in [-0.4, -0.2) is 0 Å². The van der Waals surface area contributed by atoms with Crippen LogP contribution in [0.15, 0.2) is 23.8 Å². The fraction of sp³-hybridized carbons (Fsp3) is 0.556. The quantitative estimate of drug-likeness (QED) is 0.431. The van der Waals surface area contributed by atoms with Crippen molar-refractivity contribution in [3.63, 3.8) is 0 Å². The van der Waals surface area contributed by atoms with E-state index in [1.54, 1.807) is 5.57 Å². The number of fused-ring (bicyclic) bond motifs is 2. The first kappa shape index (κ1) is 5.28. The molecule has 0 spiro atoms. The van der Waals surface area contributed by atoms with E-state index in [0.29, 0.717) is 0 Å². The van der Waals surface area contributed by atoms with E-state index >= 15 is 0 Å². The van der Waals surface area contributed by atoms with Gasteiger partial charge in [0.25, 0.3) is 0 Å². The first-order valence-electron chi connectivity index (χ1n) is 3.76. The molecule has 1 fully saturated rings. The van der Waals surface area contributed by atoms with E-state index < -0.39 is 0 Å². The van der Waals surface area contributed by atoms with Crippen molar-refractivity contribution in [1.29, 1.82) is 0 Å². The maximum absolute atomic E-state index is 2.36. The van der Waals surface area contributed by atoms with Crippen LogP contribution in [0.5, 0.6) is 0 Å². The van der Waals surface area contributed by atoms with E-state index in [9.17, 15) is 0 Å². The molecule has 0 aromatic rings. The highest BCUT2D eigenvalue weighted by atomic mass is 14.3. The summed E-state index contributed by atoms with van der Waals surface area (Å²) >= 11 is 0. The summed E-state index contributed by atoms with van der Waals surface area (Å²) in [5, 5.41) is 0. The van der Waals surface area contributed by atoms with Gasteiger partial charge in [0.05, 0.1) is 0 Å². The molecule has 0 radical (unpaired) electrons. The maximum atomic E-state index is 2.36. The molecule has 2 atom stereocenters. The molecular formula is C9H12. The summed E-state index contributed by atoms with van der Waals surface area (Å²) in [6.07, 6.45) is 9.83. The number of hydrogen-bond donors (Lipinski definition) is 0.